The average molecular weight is 368 g/mol. The number of hydrogen-bond donors (Lipinski definition) is 2. The normalized spacial score (nSPS) is 10.8. The van der Waals surface area contributed by atoms with E-state index in [0.29, 0.717) is 33.9 Å². The molecule has 0 saturated heterocycles. The number of aromatic nitrogens is 2. The van der Waals surface area contributed by atoms with Crippen LogP contribution in [0.3, 0.4) is 0 Å². The second-order valence-corrected chi connectivity index (χ2v) is 6.86. The molecule has 0 atom stereocenters. The van der Waals surface area contributed by atoms with Gasteiger partial charge in [0.05, 0.1) is 22.8 Å². The molecule has 0 aliphatic rings. The van der Waals surface area contributed by atoms with Crippen LogP contribution < -0.4 is 0 Å². The Labute approximate surface area is 163 Å². The van der Waals surface area contributed by atoms with Crippen LogP contribution in [0.15, 0.2) is 72.8 Å². The fourth-order valence-corrected chi connectivity index (χ4v) is 3.17. The van der Waals surface area contributed by atoms with Gasteiger partial charge in [-0.05, 0) is 67.9 Å². The summed E-state index contributed by atoms with van der Waals surface area (Å²) >= 11 is 0. The lowest BCUT2D eigenvalue weighted by Gasteiger charge is -2.09. The molecule has 0 aliphatic carbocycles. The summed E-state index contributed by atoms with van der Waals surface area (Å²) in [4.78, 5) is 9.40. The highest BCUT2D eigenvalue weighted by Gasteiger charge is 2.11. The summed E-state index contributed by atoms with van der Waals surface area (Å²) in [5.41, 5.74) is 6.18. The molecule has 0 unspecified atom stereocenters. The van der Waals surface area contributed by atoms with Crippen molar-refractivity contribution < 1.29 is 10.2 Å². The first-order valence-electron chi connectivity index (χ1n) is 9.06. The number of aryl methyl sites for hydroxylation is 2. The first-order valence-corrected chi connectivity index (χ1v) is 9.06. The van der Waals surface area contributed by atoms with Gasteiger partial charge >= 0.3 is 0 Å². The predicted molar refractivity (Wildman–Crippen MR) is 111 cm³/mol. The summed E-state index contributed by atoms with van der Waals surface area (Å²) in [6.45, 7) is 3.91. The monoisotopic (exact) mass is 368 g/mol. The molecule has 138 valence electrons. The molecule has 4 rings (SSSR count). The third-order valence-corrected chi connectivity index (χ3v) is 4.62. The van der Waals surface area contributed by atoms with Crippen LogP contribution in [0.25, 0.3) is 33.9 Å². The molecular weight excluding hydrogens is 348 g/mol. The van der Waals surface area contributed by atoms with E-state index in [1.807, 2.05) is 74.5 Å². The zero-order chi connectivity index (χ0) is 19.7. The van der Waals surface area contributed by atoms with Gasteiger partial charge in [-0.25, -0.2) is 9.97 Å². The Morgan fingerprint density at radius 3 is 1.71 bits per heavy atom. The van der Waals surface area contributed by atoms with E-state index in [1.54, 1.807) is 12.1 Å². The van der Waals surface area contributed by atoms with E-state index >= 15 is 0 Å². The van der Waals surface area contributed by atoms with E-state index in [0.717, 1.165) is 11.1 Å². The maximum Gasteiger partial charge on any atom is 0.125 e. The van der Waals surface area contributed by atoms with Crippen LogP contribution >= 0.6 is 0 Å². The fourth-order valence-electron chi connectivity index (χ4n) is 3.17. The Hall–Kier alpha value is -3.66. The molecule has 2 N–H and O–H groups in total. The molecular formula is C24H20N2O2. The maximum absolute atomic E-state index is 10.3. The van der Waals surface area contributed by atoms with Crippen molar-refractivity contribution in [3.8, 4) is 45.4 Å². The number of benzene rings is 2. The first-order chi connectivity index (χ1) is 13.5. The quantitative estimate of drug-likeness (QED) is 0.501. The molecule has 0 fully saturated rings. The van der Waals surface area contributed by atoms with Crippen LogP contribution in [0, 0.1) is 13.8 Å². The summed E-state index contributed by atoms with van der Waals surface area (Å²) in [6, 6.07) is 22.3. The number of pyridine rings is 2. The average Bonchev–Trinajstić information content (AvgIpc) is 2.70. The Balaban J connectivity index is 1.77. The first kappa shape index (κ1) is 17.7. The van der Waals surface area contributed by atoms with Crippen LogP contribution in [-0.4, -0.2) is 20.2 Å². The Bertz CT molecular complexity index is 1170. The van der Waals surface area contributed by atoms with Gasteiger partial charge in [0, 0.05) is 11.1 Å². The lowest BCUT2D eigenvalue weighted by Crippen LogP contribution is -1.93. The van der Waals surface area contributed by atoms with E-state index in [-0.39, 0.29) is 11.5 Å². The van der Waals surface area contributed by atoms with Crippen molar-refractivity contribution in [1.29, 1.82) is 0 Å². The van der Waals surface area contributed by atoms with Crippen molar-refractivity contribution in [2.75, 3.05) is 0 Å². The van der Waals surface area contributed by atoms with Gasteiger partial charge in [0.2, 0.25) is 0 Å². The van der Waals surface area contributed by atoms with Crippen molar-refractivity contribution in [2.45, 2.75) is 13.8 Å². The summed E-state index contributed by atoms with van der Waals surface area (Å²) in [7, 11) is 0. The number of phenolic OH excluding ortho intramolecular Hbond substituents is 2. The molecule has 0 amide bonds. The third kappa shape index (κ3) is 3.45. The molecule has 4 aromatic rings. The van der Waals surface area contributed by atoms with E-state index in [4.69, 9.17) is 9.97 Å². The zero-order valence-corrected chi connectivity index (χ0v) is 15.7. The minimum absolute atomic E-state index is 0.196. The molecule has 2 aromatic heterocycles. The van der Waals surface area contributed by atoms with Crippen LogP contribution in [0.2, 0.25) is 0 Å². The molecule has 0 bridgehead atoms. The molecule has 2 aromatic carbocycles. The summed E-state index contributed by atoms with van der Waals surface area (Å²) in [6.07, 6.45) is 0. The number of aromatic hydroxyl groups is 2. The van der Waals surface area contributed by atoms with Gasteiger partial charge < -0.3 is 10.2 Å². The molecule has 4 nitrogen and oxygen atoms in total. The predicted octanol–water partition coefficient (Wildman–Crippen LogP) is 5.51. The van der Waals surface area contributed by atoms with Crippen LogP contribution in [0.1, 0.15) is 11.1 Å². The molecule has 28 heavy (non-hydrogen) atoms. The van der Waals surface area contributed by atoms with Gasteiger partial charge in [-0.15, -0.1) is 0 Å². The van der Waals surface area contributed by atoms with Crippen molar-refractivity contribution in [1.82, 2.24) is 9.97 Å². The highest BCUT2D eigenvalue weighted by molar-refractivity contribution is 5.72. The van der Waals surface area contributed by atoms with Gasteiger partial charge in [0.15, 0.2) is 0 Å². The molecule has 2 heterocycles. The van der Waals surface area contributed by atoms with Crippen molar-refractivity contribution >= 4 is 0 Å². The molecule has 0 radical (unpaired) electrons. The number of phenols is 2. The van der Waals surface area contributed by atoms with Gasteiger partial charge in [-0.1, -0.05) is 29.8 Å². The van der Waals surface area contributed by atoms with Crippen LogP contribution in [0.4, 0.5) is 0 Å². The maximum atomic E-state index is 10.3. The SMILES string of the molecule is Cc1ccc(-c2cccc(-c3cccc(-c4cc(C)ccc4O)n3)n2)c(O)c1. The van der Waals surface area contributed by atoms with Crippen LogP contribution in [-0.2, 0) is 0 Å². The van der Waals surface area contributed by atoms with Crippen molar-refractivity contribution in [2.24, 2.45) is 0 Å². The second kappa shape index (κ2) is 7.16. The summed E-state index contributed by atoms with van der Waals surface area (Å²) in [5.74, 6) is 0.401. The van der Waals surface area contributed by atoms with E-state index < -0.39 is 0 Å². The molecule has 0 spiro atoms. The minimum atomic E-state index is 0.196. The Kier molecular flexibility index (Phi) is 4.53. The number of rotatable bonds is 3. The highest BCUT2D eigenvalue weighted by atomic mass is 16.3. The number of nitrogens with zero attached hydrogens (tertiary/aromatic N) is 2. The fraction of sp³-hybridized carbons (Fsp3) is 0.0833. The molecule has 4 heteroatoms. The molecule has 0 aliphatic heterocycles. The molecule has 0 saturated carbocycles. The second-order valence-electron chi connectivity index (χ2n) is 6.86. The van der Waals surface area contributed by atoms with Gasteiger partial charge in [0.25, 0.3) is 0 Å². The summed E-state index contributed by atoms with van der Waals surface area (Å²) in [5, 5.41) is 20.5. The zero-order valence-electron chi connectivity index (χ0n) is 15.7. The van der Waals surface area contributed by atoms with E-state index in [1.165, 1.54) is 0 Å². The van der Waals surface area contributed by atoms with Gasteiger partial charge in [-0.3, -0.25) is 0 Å². The summed E-state index contributed by atoms with van der Waals surface area (Å²) < 4.78 is 0. The van der Waals surface area contributed by atoms with Crippen molar-refractivity contribution in [3.05, 3.63) is 83.9 Å². The highest BCUT2D eigenvalue weighted by Crippen LogP contribution is 2.32. The Morgan fingerprint density at radius 1 is 0.536 bits per heavy atom. The lowest BCUT2D eigenvalue weighted by atomic mass is 10.1. The van der Waals surface area contributed by atoms with Crippen molar-refractivity contribution in [3.63, 3.8) is 0 Å². The third-order valence-electron chi connectivity index (χ3n) is 4.62. The van der Waals surface area contributed by atoms with E-state index in [9.17, 15) is 10.2 Å². The van der Waals surface area contributed by atoms with Crippen LogP contribution in [0.5, 0.6) is 11.5 Å². The lowest BCUT2D eigenvalue weighted by molar-refractivity contribution is 0.476. The van der Waals surface area contributed by atoms with E-state index in [2.05, 4.69) is 0 Å². The number of hydrogen-bond acceptors (Lipinski definition) is 4. The topological polar surface area (TPSA) is 66.2 Å². The minimum Gasteiger partial charge on any atom is -0.507 e. The van der Waals surface area contributed by atoms with Gasteiger partial charge in [-0.2, -0.15) is 0 Å². The Morgan fingerprint density at radius 2 is 1.07 bits per heavy atom. The smallest absolute Gasteiger partial charge is 0.125 e. The standard InChI is InChI=1S/C24H20N2O2/c1-15-10-12-23(27)18(13-15)20-6-4-8-22(26-20)21-7-3-5-19(25-21)17-11-9-16(2)14-24(17)28/h3-14,27-28H,1-2H3. The largest absolute Gasteiger partial charge is 0.507 e. The van der Waals surface area contributed by atoms with Gasteiger partial charge in [0.1, 0.15) is 11.5 Å².